The van der Waals surface area contributed by atoms with Crippen LogP contribution >= 0.6 is 0 Å². The van der Waals surface area contributed by atoms with Crippen molar-refractivity contribution < 1.29 is 19.4 Å². The number of phenolic OH excluding ortho intramolecular Hbond substituents is 1. The van der Waals surface area contributed by atoms with E-state index in [1.165, 1.54) is 0 Å². The zero-order chi connectivity index (χ0) is 20.3. The molecule has 0 bridgehead atoms. The van der Waals surface area contributed by atoms with Crippen molar-refractivity contribution in [3.63, 3.8) is 0 Å². The first-order valence-corrected chi connectivity index (χ1v) is 9.56. The van der Waals surface area contributed by atoms with Crippen molar-refractivity contribution >= 4 is 17.4 Å². The molecule has 2 heterocycles. The third-order valence-electron chi connectivity index (χ3n) is 5.09. The number of aromatic hydroxyl groups is 1. The van der Waals surface area contributed by atoms with Crippen molar-refractivity contribution in [1.82, 2.24) is 9.88 Å². The van der Waals surface area contributed by atoms with Crippen molar-refractivity contribution in [2.24, 2.45) is 0 Å². The van der Waals surface area contributed by atoms with Gasteiger partial charge in [-0.15, -0.1) is 0 Å². The molecule has 7 heteroatoms. The topological polar surface area (TPSA) is 85.9 Å². The first kappa shape index (κ1) is 19.9. The van der Waals surface area contributed by atoms with Crippen LogP contribution in [0.1, 0.15) is 39.0 Å². The fourth-order valence-electron chi connectivity index (χ4n) is 3.70. The smallest absolute Gasteiger partial charge is 0.340 e. The number of phenols is 1. The predicted octanol–water partition coefficient (Wildman–Crippen LogP) is 2.52. The molecule has 0 radical (unpaired) electrons. The number of aromatic nitrogens is 1. The van der Waals surface area contributed by atoms with Gasteiger partial charge in [0.1, 0.15) is 5.75 Å². The lowest BCUT2D eigenvalue weighted by atomic mass is 10.0. The van der Waals surface area contributed by atoms with Crippen LogP contribution < -0.4 is 4.90 Å². The second-order valence-corrected chi connectivity index (χ2v) is 7.05. The van der Waals surface area contributed by atoms with Crippen LogP contribution in [0.2, 0.25) is 0 Å². The molecule has 0 saturated carbocycles. The standard InChI is InChI=1S/C21H27N3O4/c1-4-28-21(27)20-15(3)22-14(2)19(20)18(26)13-23-9-11-24(12-10-23)16-5-7-17(25)8-6-16/h5-8,22,25H,4,9-13H2,1-3H3. The summed E-state index contributed by atoms with van der Waals surface area (Å²) in [6.45, 7) is 9.00. The van der Waals surface area contributed by atoms with E-state index < -0.39 is 5.97 Å². The van der Waals surface area contributed by atoms with Crippen LogP contribution in [-0.4, -0.2) is 66.1 Å². The summed E-state index contributed by atoms with van der Waals surface area (Å²) in [6.07, 6.45) is 0. The van der Waals surface area contributed by atoms with E-state index in [4.69, 9.17) is 4.74 Å². The molecule has 0 aliphatic carbocycles. The summed E-state index contributed by atoms with van der Waals surface area (Å²) in [5, 5.41) is 9.42. The van der Waals surface area contributed by atoms with Gasteiger partial charge in [0.05, 0.1) is 24.3 Å². The first-order valence-electron chi connectivity index (χ1n) is 9.56. The van der Waals surface area contributed by atoms with E-state index in [1.807, 2.05) is 19.1 Å². The molecule has 7 nitrogen and oxygen atoms in total. The van der Waals surface area contributed by atoms with Crippen LogP contribution in [0.4, 0.5) is 5.69 Å². The molecule has 2 N–H and O–H groups in total. The molecule has 3 rings (SSSR count). The summed E-state index contributed by atoms with van der Waals surface area (Å²) >= 11 is 0. The minimum absolute atomic E-state index is 0.0667. The van der Waals surface area contributed by atoms with E-state index in [1.54, 1.807) is 26.0 Å². The van der Waals surface area contributed by atoms with Gasteiger partial charge in [-0.25, -0.2) is 4.79 Å². The van der Waals surface area contributed by atoms with Gasteiger partial charge < -0.3 is 19.7 Å². The average Bonchev–Trinajstić information content (AvgIpc) is 2.97. The van der Waals surface area contributed by atoms with Gasteiger partial charge in [-0.1, -0.05) is 0 Å². The van der Waals surface area contributed by atoms with Crippen molar-refractivity contribution in [3.8, 4) is 5.75 Å². The van der Waals surface area contributed by atoms with Gasteiger partial charge in [0, 0.05) is 43.3 Å². The van der Waals surface area contributed by atoms with Crippen LogP contribution in [0.3, 0.4) is 0 Å². The van der Waals surface area contributed by atoms with E-state index in [-0.39, 0.29) is 24.7 Å². The summed E-state index contributed by atoms with van der Waals surface area (Å²) in [4.78, 5) is 32.7. The molecule has 1 aliphatic rings. The highest BCUT2D eigenvalue weighted by atomic mass is 16.5. The lowest BCUT2D eigenvalue weighted by molar-refractivity contribution is 0.0522. The number of aromatic amines is 1. The molecule has 28 heavy (non-hydrogen) atoms. The molecule has 0 unspecified atom stereocenters. The first-order chi connectivity index (χ1) is 13.4. The van der Waals surface area contributed by atoms with Gasteiger partial charge in [0.15, 0.2) is 5.78 Å². The van der Waals surface area contributed by atoms with Crippen LogP contribution in [0.15, 0.2) is 24.3 Å². The fourth-order valence-corrected chi connectivity index (χ4v) is 3.70. The minimum Gasteiger partial charge on any atom is -0.508 e. The Bertz CT molecular complexity index is 849. The summed E-state index contributed by atoms with van der Waals surface area (Å²) in [5.41, 5.74) is 3.22. The second-order valence-electron chi connectivity index (χ2n) is 7.05. The quantitative estimate of drug-likeness (QED) is 0.587. The number of ketones is 1. The van der Waals surface area contributed by atoms with Crippen LogP contribution in [0.5, 0.6) is 5.75 Å². The van der Waals surface area contributed by atoms with Gasteiger partial charge in [-0.3, -0.25) is 9.69 Å². The maximum Gasteiger partial charge on any atom is 0.340 e. The van der Waals surface area contributed by atoms with Gasteiger partial charge in [0.2, 0.25) is 0 Å². The molecule has 1 aliphatic heterocycles. The highest BCUT2D eigenvalue weighted by Crippen LogP contribution is 2.22. The van der Waals surface area contributed by atoms with Crippen LogP contribution in [0.25, 0.3) is 0 Å². The zero-order valence-electron chi connectivity index (χ0n) is 16.6. The molecule has 150 valence electrons. The number of carbonyl (C=O) groups is 2. The summed E-state index contributed by atoms with van der Waals surface area (Å²) in [5.74, 6) is -0.268. The molecule has 1 aromatic carbocycles. The number of hydrogen-bond donors (Lipinski definition) is 2. The Morgan fingerprint density at radius 2 is 1.64 bits per heavy atom. The molecule has 1 fully saturated rings. The van der Waals surface area contributed by atoms with Crippen molar-refractivity contribution in [1.29, 1.82) is 0 Å². The number of ether oxygens (including phenoxy) is 1. The third kappa shape index (κ3) is 4.20. The van der Waals surface area contributed by atoms with Gasteiger partial charge >= 0.3 is 5.97 Å². The van der Waals surface area contributed by atoms with Gasteiger partial charge in [-0.05, 0) is 45.0 Å². The summed E-state index contributed by atoms with van der Waals surface area (Å²) in [7, 11) is 0. The van der Waals surface area contributed by atoms with E-state index in [2.05, 4.69) is 14.8 Å². The molecular formula is C21H27N3O4. The highest BCUT2D eigenvalue weighted by molar-refractivity contribution is 6.09. The molecule has 0 amide bonds. The fraction of sp³-hybridized carbons (Fsp3) is 0.429. The van der Waals surface area contributed by atoms with E-state index in [0.29, 0.717) is 22.5 Å². The summed E-state index contributed by atoms with van der Waals surface area (Å²) < 4.78 is 5.13. The maximum atomic E-state index is 13.0. The molecule has 0 spiro atoms. The number of piperazine rings is 1. The molecule has 1 saturated heterocycles. The number of carbonyl (C=O) groups excluding carboxylic acids is 2. The Kier molecular flexibility index (Phi) is 6.04. The Hall–Kier alpha value is -2.80. The number of hydrogen-bond acceptors (Lipinski definition) is 6. The van der Waals surface area contributed by atoms with Crippen molar-refractivity contribution in [3.05, 3.63) is 46.8 Å². The number of rotatable bonds is 6. The summed E-state index contributed by atoms with van der Waals surface area (Å²) in [6, 6.07) is 7.15. The van der Waals surface area contributed by atoms with Crippen molar-refractivity contribution in [2.75, 3.05) is 44.2 Å². The number of H-pyrrole nitrogens is 1. The number of nitrogens with zero attached hydrogens (tertiary/aromatic N) is 2. The van der Waals surface area contributed by atoms with Crippen molar-refractivity contribution in [2.45, 2.75) is 20.8 Å². The van der Waals surface area contributed by atoms with E-state index in [9.17, 15) is 14.7 Å². The van der Waals surface area contributed by atoms with Crippen LogP contribution in [-0.2, 0) is 4.74 Å². The van der Waals surface area contributed by atoms with Gasteiger partial charge in [-0.2, -0.15) is 0 Å². The monoisotopic (exact) mass is 385 g/mol. The number of Topliss-reactive ketones (excluding diaryl/α,β-unsaturated/α-hetero) is 1. The SMILES string of the molecule is CCOC(=O)c1c(C)[nH]c(C)c1C(=O)CN1CCN(c2ccc(O)cc2)CC1. The number of benzene rings is 1. The lowest BCUT2D eigenvalue weighted by Crippen LogP contribution is -2.48. The third-order valence-corrected chi connectivity index (χ3v) is 5.09. The number of esters is 1. The maximum absolute atomic E-state index is 13.0. The lowest BCUT2D eigenvalue weighted by Gasteiger charge is -2.35. The van der Waals surface area contributed by atoms with Crippen LogP contribution in [0, 0.1) is 13.8 Å². The number of anilines is 1. The van der Waals surface area contributed by atoms with E-state index >= 15 is 0 Å². The number of aryl methyl sites for hydroxylation is 2. The van der Waals surface area contributed by atoms with E-state index in [0.717, 1.165) is 31.9 Å². The molecule has 1 aromatic heterocycles. The highest BCUT2D eigenvalue weighted by Gasteiger charge is 2.27. The average molecular weight is 385 g/mol. The minimum atomic E-state index is -0.454. The Balaban J connectivity index is 1.65. The largest absolute Gasteiger partial charge is 0.508 e. The Morgan fingerprint density at radius 1 is 1.04 bits per heavy atom. The number of nitrogens with one attached hydrogen (secondary N) is 1. The normalized spacial score (nSPS) is 14.9. The van der Waals surface area contributed by atoms with Gasteiger partial charge in [0.25, 0.3) is 0 Å². The Labute approximate surface area is 164 Å². The Morgan fingerprint density at radius 3 is 2.25 bits per heavy atom. The molecular weight excluding hydrogens is 358 g/mol. The molecule has 2 aromatic rings. The zero-order valence-corrected chi connectivity index (χ0v) is 16.6. The predicted molar refractivity (Wildman–Crippen MR) is 107 cm³/mol. The second kappa shape index (κ2) is 8.48. The molecule has 0 atom stereocenters.